The molecule has 5 aromatic carbocycles. The third-order valence-corrected chi connectivity index (χ3v) is 14.4. The molecule has 0 fully saturated rings. The van der Waals surface area contributed by atoms with E-state index in [2.05, 4.69) is 198 Å². The highest BCUT2D eigenvalue weighted by molar-refractivity contribution is 9.15. The Hall–Kier alpha value is -3.43. The van der Waals surface area contributed by atoms with E-state index in [9.17, 15) is 4.79 Å². The first-order valence-corrected chi connectivity index (χ1v) is 20.0. The molecule has 0 bridgehead atoms. The summed E-state index contributed by atoms with van der Waals surface area (Å²) < 4.78 is 9.62. The minimum absolute atomic E-state index is 0.422. The maximum absolute atomic E-state index is 14.3. The zero-order valence-corrected chi connectivity index (χ0v) is 36.8. The van der Waals surface area contributed by atoms with Crippen molar-refractivity contribution in [1.29, 1.82) is 0 Å². The zero-order valence-electron chi connectivity index (χ0n) is 30.5. The highest BCUT2D eigenvalue weighted by atomic mass is 79.9. The Morgan fingerprint density at radius 1 is 0.577 bits per heavy atom. The number of carbonyl (C=O) groups excluding carboxylic acids is 1. The molecule has 0 radical (unpaired) electrons. The van der Waals surface area contributed by atoms with Gasteiger partial charge in [-0.25, -0.2) is 4.79 Å². The predicted molar refractivity (Wildman–Crippen MR) is 232 cm³/mol. The number of anilines is 2. The lowest BCUT2D eigenvalue weighted by molar-refractivity contribution is 0.0298. The van der Waals surface area contributed by atoms with E-state index < -0.39 is 11.6 Å². The van der Waals surface area contributed by atoms with E-state index in [0.717, 1.165) is 80.4 Å². The van der Waals surface area contributed by atoms with Crippen LogP contribution in [0, 0.1) is 27.7 Å². The van der Waals surface area contributed by atoms with Gasteiger partial charge in [0.25, 0.3) is 0 Å². The normalized spacial score (nSPS) is 15.8. The molecule has 0 unspecified atom stereocenters. The number of fused-ring (bicyclic) bond motifs is 1. The molecule has 0 spiro atoms. The standard InChI is InChI=1S/C44H40Br4N2O2/c1-25-9-13-29(14-10-25)35(33-19-17-31(49(5)6)21-27(33)3)23-44(38-37(43(51)52-44)39(45)41(47)42(48)40(38)46)24-36(30-15-11-26(2)12-16-30)34-20-18-32(50(7)8)22-28(34)4/h9-24H,1-8H3. The molecular weight excluding hydrogens is 908 g/mol. The highest BCUT2D eigenvalue weighted by Crippen LogP contribution is 2.54. The molecule has 1 aliphatic heterocycles. The maximum atomic E-state index is 14.3. The van der Waals surface area contributed by atoms with Crippen molar-refractivity contribution in [2.24, 2.45) is 0 Å². The lowest BCUT2D eigenvalue weighted by Gasteiger charge is -2.28. The van der Waals surface area contributed by atoms with E-state index in [1.165, 1.54) is 0 Å². The number of hydrogen-bond acceptors (Lipinski definition) is 4. The van der Waals surface area contributed by atoms with E-state index in [0.29, 0.717) is 15.6 Å². The maximum Gasteiger partial charge on any atom is 0.341 e. The number of cyclic esters (lactones) is 1. The summed E-state index contributed by atoms with van der Waals surface area (Å²) in [4.78, 5) is 18.5. The summed E-state index contributed by atoms with van der Waals surface area (Å²) in [5.74, 6) is -0.422. The Kier molecular flexibility index (Phi) is 11.1. The first kappa shape index (κ1) is 38.3. The third kappa shape index (κ3) is 7.24. The molecule has 0 aliphatic carbocycles. The van der Waals surface area contributed by atoms with Crippen molar-refractivity contribution in [1.82, 2.24) is 0 Å². The number of nitrogens with zero attached hydrogens (tertiary/aromatic N) is 2. The summed E-state index contributed by atoms with van der Waals surface area (Å²) in [6, 6.07) is 30.0. The Morgan fingerprint density at radius 3 is 1.37 bits per heavy atom. The van der Waals surface area contributed by atoms with Crippen LogP contribution in [0.15, 0.2) is 115 Å². The molecule has 0 amide bonds. The largest absolute Gasteiger partial charge is 0.442 e. The van der Waals surface area contributed by atoms with Crippen LogP contribution in [0.1, 0.15) is 60.4 Å². The van der Waals surface area contributed by atoms with Crippen molar-refractivity contribution in [2.45, 2.75) is 33.3 Å². The van der Waals surface area contributed by atoms with Crippen molar-refractivity contribution < 1.29 is 9.53 Å². The molecule has 0 saturated carbocycles. The van der Waals surface area contributed by atoms with Gasteiger partial charge in [0, 0.05) is 63.0 Å². The van der Waals surface area contributed by atoms with Crippen LogP contribution in [0.5, 0.6) is 0 Å². The Balaban J connectivity index is 1.78. The van der Waals surface area contributed by atoms with Gasteiger partial charge < -0.3 is 14.5 Å². The van der Waals surface area contributed by atoms with Crippen molar-refractivity contribution in [3.8, 4) is 0 Å². The Bertz CT molecular complexity index is 2150. The Morgan fingerprint density at radius 2 is 0.981 bits per heavy atom. The van der Waals surface area contributed by atoms with Crippen LogP contribution in [0.25, 0.3) is 11.1 Å². The van der Waals surface area contributed by atoms with Crippen LogP contribution in [0.4, 0.5) is 11.4 Å². The van der Waals surface area contributed by atoms with E-state index in [-0.39, 0.29) is 0 Å². The van der Waals surface area contributed by atoms with Crippen LogP contribution < -0.4 is 9.80 Å². The number of ether oxygens (including phenoxy) is 1. The van der Waals surface area contributed by atoms with Gasteiger partial charge >= 0.3 is 5.97 Å². The summed E-state index contributed by atoms with van der Waals surface area (Å²) in [7, 11) is 8.19. The molecule has 0 atom stereocenters. The predicted octanol–water partition coefficient (Wildman–Crippen LogP) is 12.7. The van der Waals surface area contributed by atoms with Gasteiger partial charge in [0.2, 0.25) is 0 Å². The van der Waals surface area contributed by atoms with E-state index in [1.54, 1.807) is 0 Å². The second-order valence-corrected chi connectivity index (χ2v) is 17.0. The number of esters is 1. The van der Waals surface area contributed by atoms with Crippen molar-refractivity contribution in [3.05, 3.63) is 171 Å². The van der Waals surface area contributed by atoms with Gasteiger partial charge in [-0.1, -0.05) is 71.8 Å². The van der Waals surface area contributed by atoms with Crippen LogP contribution in [-0.2, 0) is 10.3 Å². The third-order valence-electron chi connectivity index (χ3n) is 9.60. The molecular formula is C44H40Br4N2O2. The van der Waals surface area contributed by atoms with Gasteiger partial charge in [0.1, 0.15) is 0 Å². The molecule has 6 rings (SSSR count). The zero-order chi connectivity index (χ0) is 37.6. The average Bonchev–Trinajstić information content (AvgIpc) is 3.40. The fourth-order valence-electron chi connectivity index (χ4n) is 6.68. The molecule has 0 saturated heterocycles. The molecule has 0 aromatic heterocycles. The van der Waals surface area contributed by atoms with Crippen LogP contribution in [0.3, 0.4) is 0 Å². The van der Waals surface area contributed by atoms with Gasteiger partial charge in [-0.15, -0.1) is 0 Å². The monoisotopic (exact) mass is 944 g/mol. The molecule has 266 valence electrons. The minimum atomic E-state index is -1.35. The van der Waals surface area contributed by atoms with Gasteiger partial charge in [-0.3, -0.25) is 0 Å². The van der Waals surface area contributed by atoms with E-state index in [1.807, 2.05) is 28.2 Å². The van der Waals surface area contributed by atoms with Crippen LogP contribution in [-0.4, -0.2) is 34.2 Å². The first-order chi connectivity index (χ1) is 24.6. The topological polar surface area (TPSA) is 32.8 Å². The molecule has 8 heteroatoms. The Labute approximate surface area is 341 Å². The van der Waals surface area contributed by atoms with Gasteiger partial charge in [-0.05, 0) is 172 Å². The summed E-state index contributed by atoms with van der Waals surface area (Å²) in [5.41, 5.74) is 12.6. The summed E-state index contributed by atoms with van der Waals surface area (Å²) >= 11 is 15.2. The fourth-order valence-corrected chi connectivity index (χ4v) is 9.27. The van der Waals surface area contributed by atoms with E-state index in [4.69, 9.17) is 4.74 Å². The number of carbonyl (C=O) groups is 1. The molecule has 1 heterocycles. The van der Waals surface area contributed by atoms with Crippen molar-refractivity contribution in [2.75, 3.05) is 38.0 Å². The number of aryl methyl sites for hydroxylation is 4. The number of hydrogen-bond donors (Lipinski definition) is 0. The van der Waals surface area contributed by atoms with Gasteiger partial charge in [0.05, 0.1) is 5.56 Å². The second kappa shape index (κ2) is 15.1. The SMILES string of the molecule is Cc1ccc(C(=CC2(C=C(c3ccc(C)cc3)c3ccc(N(C)C)cc3C)OC(=O)c3c(Br)c(Br)c(Br)c(Br)c32)c2ccc(N(C)C)cc2C)cc1. The molecule has 52 heavy (non-hydrogen) atoms. The quantitative estimate of drug-likeness (QED) is 0.0881. The summed E-state index contributed by atoms with van der Waals surface area (Å²) in [5, 5.41) is 0. The minimum Gasteiger partial charge on any atom is -0.442 e. The van der Waals surface area contributed by atoms with Crippen molar-refractivity contribution >= 4 is 92.2 Å². The van der Waals surface area contributed by atoms with Crippen molar-refractivity contribution in [3.63, 3.8) is 0 Å². The van der Waals surface area contributed by atoms with Crippen LogP contribution in [0.2, 0.25) is 0 Å². The lowest BCUT2D eigenvalue weighted by Crippen LogP contribution is -2.23. The molecule has 5 aromatic rings. The lowest BCUT2D eigenvalue weighted by atomic mass is 9.82. The first-order valence-electron chi connectivity index (χ1n) is 16.9. The number of halogens is 4. The highest BCUT2D eigenvalue weighted by Gasteiger charge is 2.48. The summed E-state index contributed by atoms with van der Waals surface area (Å²) in [6.07, 6.45) is 4.27. The fraction of sp³-hybridized carbons (Fsp3) is 0.205. The molecule has 1 aliphatic rings. The second-order valence-electron chi connectivity index (χ2n) is 13.8. The number of benzene rings is 5. The average molecular weight is 948 g/mol. The smallest absolute Gasteiger partial charge is 0.341 e. The molecule has 0 N–H and O–H groups in total. The number of rotatable bonds is 8. The van der Waals surface area contributed by atoms with Crippen LogP contribution >= 0.6 is 63.7 Å². The van der Waals surface area contributed by atoms with E-state index >= 15 is 0 Å². The van der Waals surface area contributed by atoms with Gasteiger partial charge in [0.15, 0.2) is 5.60 Å². The molecule has 4 nitrogen and oxygen atoms in total. The summed E-state index contributed by atoms with van der Waals surface area (Å²) in [6.45, 7) is 8.45. The van der Waals surface area contributed by atoms with Gasteiger partial charge in [-0.2, -0.15) is 0 Å².